The van der Waals surface area contributed by atoms with Crippen LogP contribution >= 0.6 is 0 Å². The third-order valence-electron chi connectivity index (χ3n) is 1.97. The van der Waals surface area contributed by atoms with Crippen LogP contribution in [0.2, 0.25) is 0 Å². The van der Waals surface area contributed by atoms with Crippen LogP contribution in [-0.2, 0) is 10.5 Å². The number of rotatable bonds is 1. The zero-order valence-electron chi connectivity index (χ0n) is 8.63. The molecular formula is C11H14NO2. The zero-order valence-corrected chi connectivity index (χ0v) is 8.63. The van der Waals surface area contributed by atoms with Crippen molar-refractivity contribution >= 4 is 11.8 Å². The zero-order chi connectivity index (χ0) is 10.8. The van der Waals surface area contributed by atoms with Crippen LogP contribution in [0.15, 0.2) is 24.3 Å². The maximum atomic E-state index is 10.4. The Bertz CT molecular complexity index is 339. The van der Waals surface area contributed by atoms with Crippen molar-refractivity contribution in [2.45, 2.75) is 26.2 Å². The average molecular weight is 192 g/mol. The van der Waals surface area contributed by atoms with Crippen LogP contribution in [0, 0.1) is 0 Å². The molecule has 0 atom stereocenters. The van der Waals surface area contributed by atoms with E-state index in [1.807, 2.05) is 32.9 Å². The molecular weight excluding hydrogens is 178 g/mol. The van der Waals surface area contributed by atoms with Gasteiger partial charge in [0.25, 0.3) is 0 Å². The summed E-state index contributed by atoms with van der Waals surface area (Å²) >= 11 is 0. The number of anilines is 1. The van der Waals surface area contributed by atoms with Gasteiger partial charge in [-0.05, 0) is 17.0 Å². The number of carbonyl (C=O) groups is 1. The SMILES string of the molecule is CC(C)(C)c1ccccc1NC([O])=O. The third kappa shape index (κ3) is 2.49. The first-order valence-electron chi connectivity index (χ1n) is 4.49. The highest BCUT2D eigenvalue weighted by atomic mass is 16.4. The molecule has 0 bridgehead atoms. The lowest BCUT2D eigenvalue weighted by molar-refractivity contribution is 0.185. The molecule has 75 valence electrons. The van der Waals surface area contributed by atoms with Crippen LogP contribution < -0.4 is 5.32 Å². The first-order valence-corrected chi connectivity index (χ1v) is 4.49. The highest BCUT2D eigenvalue weighted by molar-refractivity contribution is 5.84. The van der Waals surface area contributed by atoms with Gasteiger partial charge in [-0.1, -0.05) is 39.0 Å². The highest BCUT2D eigenvalue weighted by Crippen LogP contribution is 2.28. The van der Waals surface area contributed by atoms with Crippen molar-refractivity contribution in [1.82, 2.24) is 0 Å². The number of nitrogens with one attached hydrogen (secondary N) is 1. The van der Waals surface area contributed by atoms with Crippen LogP contribution in [-0.4, -0.2) is 6.09 Å². The normalized spacial score (nSPS) is 11.1. The fraction of sp³-hybridized carbons (Fsp3) is 0.364. The van der Waals surface area contributed by atoms with E-state index in [0.717, 1.165) is 5.56 Å². The van der Waals surface area contributed by atoms with Gasteiger partial charge in [-0.3, -0.25) is 5.32 Å². The average Bonchev–Trinajstić information content (AvgIpc) is 2.01. The van der Waals surface area contributed by atoms with Crippen LogP contribution in [0.4, 0.5) is 10.5 Å². The minimum Gasteiger partial charge on any atom is -0.288 e. The topological polar surface area (TPSA) is 49.0 Å². The Morgan fingerprint density at radius 3 is 2.29 bits per heavy atom. The molecule has 0 heterocycles. The molecule has 1 aromatic rings. The van der Waals surface area contributed by atoms with E-state index in [0.29, 0.717) is 5.69 Å². The monoisotopic (exact) mass is 192 g/mol. The first kappa shape index (κ1) is 10.6. The van der Waals surface area contributed by atoms with Gasteiger partial charge in [0, 0.05) is 5.69 Å². The smallest absolute Gasteiger partial charge is 0.288 e. The lowest BCUT2D eigenvalue weighted by Crippen LogP contribution is -2.16. The largest absolute Gasteiger partial charge is 0.454 e. The van der Waals surface area contributed by atoms with E-state index in [-0.39, 0.29) is 5.41 Å². The van der Waals surface area contributed by atoms with Crippen molar-refractivity contribution in [2.24, 2.45) is 0 Å². The van der Waals surface area contributed by atoms with E-state index < -0.39 is 6.09 Å². The highest BCUT2D eigenvalue weighted by Gasteiger charge is 2.18. The minimum absolute atomic E-state index is 0.0843. The van der Waals surface area contributed by atoms with E-state index in [4.69, 9.17) is 0 Å². The number of hydrogen-bond acceptors (Lipinski definition) is 1. The molecule has 1 rings (SSSR count). The van der Waals surface area contributed by atoms with Crippen LogP contribution in [0.5, 0.6) is 0 Å². The van der Waals surface area contributed by atoms with E-state index in [1.54, 1.807) is 12.1 Å². The Hall–Kier alpha value is -1.51. The van der Waals surface area contributed by atoms with Gasteiger partial charge in [0.05, 0.1) is 0 Å². The van der Waals surface area contributed by atoms with Crippen molar-refractivity contribution in [3.05, 3.63) is 29.8 Å². The lowest BCUT2D eigenvalue weighted by atomic mass is 9.86. The van der Waals surface area contributed by atoms with E-state index >= 15 is 0 Å². The van der Waals surface area contributed by atoms with E-state index in [1.165, 1.54) is 0 Å². The Labute approximate surface area is 83.8 Å². The summed E-state index contributed by atoms with van der Waals surface area (Å²) in [6, 6.07) is 7.32. The molecule has 1 aromatic carbocycles. The Balaban J connectivity index is 3.10. The second kappa shape index (κ2) is 3.70. The van der Waals surface area contributed by atoms with E-state index in [9.17, 15) is 9.90 Å². The second-order valence-corrected chi connectivity index (χ2v) is 4.21. The molecule has 0 aromatic heterocycles. The summed E-state index contributed by atoms with van der Waals surface area (Å²) in [6.07, 6.45) is -1.28. The quantitative estimate of drug-likeness (QED) is 0.730. The summed E-state index contributed by atoms with van der Waals surface area (Å²) in [5.74, 6) is 0. The summed E-state index contributed by atoms with van der Waals surface area (Å²) < 4.78 is 0. The van der Waals surface area contributed by atoms with E-state index in [2.05, 4.69) is 5.32 Å². The van der Waals surface area contributed by atoms with Gasteiger partial charge < -0.3 is 0 Å². The summed E-state index contributed by atoms with van der Waals surface area (Å²) in [6.45, 7) is 6.09. The van der Waals surface area contributed by atoms with Crippen molar-refractivity contribution in [2.75, 3.05) is 5.32 Å². The lowest BCUT2D eigenvalue weighted by Gasteiger charge is -2.22. The van der Waals surface area contributed by atoms with Crippen LogP contribution in [0.3, 0.4) is 0 Å². The molecule has 0 saturated carbocycles. The molecule has 0 unspecified atom stereocenters. The minimum atomic E-state index is -1.28. The predicted molar refractivity (Wildman–Crippen MR) is 54.8 cm³/mol. The van der Waals surface area contributed by atoms with Gasteiger partial charge in [-0.25, -0.2) is 9.90 Å². The number of amides is 1. The Morgan fingerprint density at radius 2 is 1.79 bits per heavy atom. The molecule has 3 heteroatoms. The predicted octanol–water partition coefficient (Wildman–Crippen LogP) is 2.95. The summed E-state index contributed by atoms with van der Waals surface area (Å²) in [5.41, 5.74) is 1.48. The number of benzene rings is 1. The van der Waals surface area contributed by atoms with Gasteiger partial charge in [0.2, 0.25) is 0 Å². The van der Waals surface area contributed by atoms with Crippen molar-refractivity contribution in [3.8, 4) is 0 Å². The summed E-state index contributed by atoms with van der Waals surface area (Å²) in [5, 5.41) is 12.7. The molecule has 1 amide bonds. The van der Waals surface area contributed by atoms with Gasteiger partial charge in [-0.15, -0.1) is 0 Å². The van der Waals surface area contributed by atoms with Gasteiger partial charge in [-0.2, -0.15) is 0 Å². The molecule has 0 fully saturated rings. The molecule has 0 aliphatic rings. The fourth-order valence-corrected chi connectivity index (χ4v) is 1.36. The molecule has 14 heavy (non-hydrogen) atoms. The van der Waals surface area contributed by atoms with Crippen molar-refractivity contribution in [3.63, 3.8) is 0 Å². The van der Waals surface area contributed by atoms with Crippen molar-refractivity contribution < 1.29 is 9.90 Å². The molecule has 0 aliphatic heterocycles. The maximum absolute atomic E-state index is 10.4. The third-order valence-corrected chi connectivity index (χ3v) is 1.97. The number of hydrogen-bond donors (Lipinski definition) is 1. The summed E-state index contributed by atoms with van der Waals surface area (Å²) in [7, 11) is 0. The molecule has 1 radical (unpaired) electrons. The Morgan fingerprint density at radius 1 is 1.21 bits per heavy atom. The first-order chi connectivity index (χ1) is 6.41. The van der Waals surface area contributed by atoms with Gasteiger partial charge >= 0.3 is 6.09 Å². The fourth-order valence-electron chi connectivity index (χ4n) is 1.36. The van der Waals surface area contributed by atoms with Crippen molar-refractivity contribution in [1.29, 1.82) is 0 Å². The maximum Gasteiger partial charge on any atom is 0.454 e. The van der Waals surface area contributed by atoms with Crippen LogP contribution in [0.1, 0.15) is 26.3 Å². The molecule has 0 saturated heterocycles. The standard InChI is InChI=1S/C11H14NO2/c1-11(2,3)8-6-4-5-7-9(8)12-10(13)14/h4-7,12H,1-3H3. The van der Waals surface area contributed by atoms with Gasteiger partial charge in [0.15, 0.2) is 0 Å². The number of carbonyl (C=O) groups excluding carboxylic acids is 1. The molecule has 1 N–H and O–H groups in total. The number of para-hydroxylation sites is 1. The Kier molecular flexibility index (Phi) is 2.79. The molecule has 0 spiro atoms. The molecule has 0 aliphatic carbocycles. The van der Waals surface area contributed by atoms with Crippen LogP contribution in [0.25, 0.3) is 0 Å². The van der Waals surface area contributed by atoms with Gasteiger partial charge in [0.1, 0.15) is 0 Å². The summed E-state index contributed by atoms with van der Waals surface area (Å²) in [4.78, 5) is 10.4. The second-order valence-electron chi connectivity index (χ2n) is 4.21. The molecule has 3 nitrogen and oxygen atoms in total.